The van der Waals surface area contributed by atoms with Crippen LogP contribution in [0.25, 0.3) is 11.2 Å². The maximum absolute atomic E-state index is 9.57. The van der Waals surface area contributed by atoms with Crippen LogP contribution in [-0.2, 0) is 6.42 Å². The SMILES string of the molecule is CC[C@H](CO)Cc1cc(NC2CCNCC2)c2ncn(C(C)C)c2n1. The molecule has 6 nitrogen and oxygen atoms in total. The molecule has 2 aromatic heterocycles. The van der Waals surface area contributed by atoms with Crippen molar-refractivity contribution in [3.05, 3.63) is 18.1 Å². The summed E-state index contributed by atoms with van der Waals surface area (Å²) in [5, 5.41) is 16.7. The summed E-state index contributed by atoms with van der Waals surface area (Å²) in [7, 11) is 0. The first-order valence-electron chi connectivity index (χ1n) is 9.56. The highest BCUT2D eigenvalue weighted by molar-refractivity contribution is 5.86. The Morgan fingerprint density at radius 1 is 1.36 bits per heavy atom. The molecule has 1 fully saturated rings. The van der Waals surface area contributed by atoms with Crippen molar-refractivity contribution in [1.82, 2.24) is 19.9 Å². The van der Waals surface area contributed by atoms with Crippen LogP contribution in [0.2, 0.25) is 0 Å². The highest BCUT2D eigenvalue weighted by atomic mass is 16.3. The lowest BCUT2D eigenvalue weighted by Gasteiger charge is -2.25. The van der Waals surface area contributed by atoms with Crippen LogP contribution in [0.3, 0.4) is 0 Å². The number of anilines is 1. The summed E-state index contributed by atoms with van der Waals surface area (Å²) in [6.45, 7) is 8.74. The topological polar surface area (TPSA) is 75.0 Å². The fourth-order valence-corrected chi connectivity index (χ4v) is 3.47. The highest BCUT2D eigenvalue weighted by Gasteiger charge is 2.19. The van der Waals surface area contributed by atoms with Crippen LogP contribution in [-0.4, -0.2) is 45.4 Å². The Morgan fingerprint density at radius 2 is 2.12 bits per heavy atom. The smallest absolute Gasteiger partial charge is 0.162 e. The van der Waals surface area contributed by atoms with Gasteiger partial charge in [-0.1, -0.05) is 13.3 Å². The number of aliphatic hydroxyl groups is 1. The number of fused-ring (bicyclic) bond motifs is 1. The maximum atomic E-state index is 9.57. The third-order valence-electron chi connectivity index (χ3n) is 5.17. The van der Waals surface area contributed by atoms with E-state index < -0.39 is 0 Å². The number of imidazole rings is 1. The predicted octanol–water partition coefficient (Wildman–Crippen LogP) is 2.74. The monoisotopic (exact) mass is 345 g/mol. The summed E-state index contributed by atoms with van der Waals surface area (Å²) in [6.07, 6.45) is 5.89. The fraction of sp³-hybridized carbons (Fsp3) is 0.684. The summed E-state index contributed by atoms with van der Waals surface area (Å²) < 4.78 is 2.13. The molecule has 6 heteroatoms. The minimum atomic E-state index is 0.205. The molecule has 138 valence electrons. The summed E-state index contributed by atoms with van der Waals surface area (Å²) >= 11 is 0. The van der Waals surface area contributed by atoms with E-state index in [-0.39, 0.29) is 12.5 Å². The molecule has 0 radical (unpaired) electrons. The van der Waals surface area contributed by atoms with E-state index in [1.54, 1.807) is 0 Å². The number of nitrogens with zero attached hydrogens (tertiary/aromatic N) is 3. The molecule has 0 spiro atoms. The van der Waals surface area contributed by atoms with Gasteiger partial charge in [0.15, 0.2) is 5.65 Å². The molecule has 3 heterocycles. The van der Waals surface area contributed by atoms with Gasteiger partial charge in [-0.15, -0.1) is 0 Å². The van der Waals surface area contributed by atoms with Crippen molar-refractivity contribution in [1.29, 1.82) is 0 Å². The zero-order chi connectivity index (χ0) is 17.8. The predicted molar refractivity (Wildman–Crippen MR) is 102 cm³/mol. The lowest BCUT2D eigenvalue weighted by atomic mass is 10.0. The quantitative estimate of drug-likeness (QED) is 0.719. The lowest BCUT2D eigenvalue weighted by Crippen LogP contribution is -2.35. The van der Waals surface area contributed by atoms with Crippen LogP contribution in [0, 0.1) is 5.92 Å². The van der Waals surface area contributed by atoms with Gasteiger partial charge in [0.1, 0.15) is 5.52 Å². The van der Waals surface area contributed by atoms with Gasteiger partial charge in [0.25, 0.3) is 0 Å². The molecular formula is C19H31N5O. The normalized spacial score (nSPS) is 17.3. The van der Waals surface area contributed by atoms with E-state index in [1.165, 1.54) is 0 Å². The average Bonchev–Trinajstić information content (AvgIpc) is 3.05. The third-order valence-corrected chi connectivity index (χ3v) is 5.17. The molecule has 1 aliphatic rings. The van der Waals surface area contributed by atoms with Gasteiger partial charge in [-0.25, -0.2) is 9.97 Å². The van der Waals surface area contributed by atoms with Gasteiger partial charge >= 0.3 is 0 Å². The Labute approximate surface area is 150 Å². The van der Waals surface area contributed by atoms with Crippen molar-refractivity contribution in [2.45, 2.75) is 58.5 Å². The molecule has 0 aliphatic carbocycles. The molecule has 3 N–H and O–H groups in total. The minimum Gasteiger partial charge on any atom is -0.396 e. The van der Waals surface area contributed by atoms with Gasteiger partial charge in [0.05, 0.1) is 12.0 Å². The molecule has 0 bridgehead atoms. The number of aliphatic hydroxyl groups excluding tert-OH is 1. The zero-order valence-corrected chi connectivity index (χ0v) is 15.6. The van der Waals surface area contributed by atoms with E-state index in [4.69, 9.17) is 4.98 Å². The van der Waals surface area contributed by atoms with Crippen molar-refractivity contribution in [2.75, 3.05) is 25.0 Å². The first-order chi connectivity index (χ1) is 12.1. The number of nitrogens with one attached hydrogen (secondary N) is 2. The molecule has 0 aromatic carbocycles. The second-order valence-corrected chi connectivity index (χ2v) is 7.41. The van der Waals surface area contributed by atoms with Crippen LogP contribution in [0.1, 0.15) is 51.8 Å². The molecule has 3 rings (SSSR count). The van der Waals surface area contributed by atoms with Crippen LogP contribution in [0.4, 0.5) is 5.69 Å². The van der Waals surface area contributed by atoms with Crippen LogP contribution >= 0.6 is 0 Å². The summed E-state index contributed by atoms with van der Waals surface area (Å²) in [4.78, 5) is 9.52. The van der Waals surface area contributed by atoms with Gasteiger partial charge in [-0.2, -0.15) is 0 Å². The first-order valence-corrected chi connectivity index (χ1v) is 9.56. The molecule has 0 saturated carbocycles. The summed E-state index contributed by atoms with van der Waals surface area (Å²) in [5.74, 6) is 0.257. The largest absolute Gasteiger partial charge is 0.396 e. The van der Waals surface area contributed by atoms with Gasteiger partial charge in [0, 0.05) is 24.4 Å². The third kappa shape index (κ3) is 4.12. The Morgan fingerprint density at radius 3 is 2.76 bits per heavy atom. The Hall–Kier alpha value is -1.66. The van der Waals surface area contributed by atoms with Gasteiger partial charge in [0.2, 0.25) is 0 Å². The highest BCUT2D eigenvalue weighted by Crippen LogP contribution is 2.27. The molecule has 1 atom stereocenters. The van der Waals surface area contributed by atoms with Crippen molar-refractivity contribution >= 4 is 16.9 Å². The zero-order valence-electron chi connectivity index (χ0n) is 15.6. The first kappa shape index (κ1) is 18.1. The fourth-order valence-electron chi connectivity index (χ4n) is 3.47. The van der Waals surface area contributed by atoms with Crippen molar-refractivity contribution in [3.63, 3.8) is 0 Å². The molecule has 0 amide bonds. The second kappa shape index (κ2) is 8.15. The Bertz CT molecular complexity index is 686. The van der Waals surface area contributed by atoms with Crippen molar-refractivity contribution < 1.29 is 5.11 Å². The maximum Gasteiger partial charge on any atom is 0.162 e. The number of hydrogen-bond acceptors (Lipinski definition) is 5. The van der Waals surface area contributed by atoms with E-state index in [0.29, 0.717) is 12.1 Å². The Balaban J connectivity index is 1.97. The van der Waals surface area contributed by atoms with E-state index >= 15 is 0 Å². The van der Waals surface area contributed by atoms with Gasteiger partial charge in [-0.3, -0.25) is 0 Å². The molecule has 25 heavy (non-hydrogen) atoms. The van der Waals surface area contributed by atoms with E-state index in [0.717, 1.165) is 61.3 Å². The number of piperidine rings is 1. The van der Waals surface area contributed by atoms with Gasteiger partial charge in [-0.05, 0) is 58.2 Å². The second-order valence-electron chi connectivity index (χ2n) is 7.41. The van der Waals surface area contributed by atoms with Crippen LogP contribution in [0.15, 0.2) is 12.4 Å². The number of hydrogen-bond donors (Lipinski definition) is 3. The molecule has 0 unspecified atom stereocenters. The van der Waals surface area contributed by atoms with E-state index in [1.807, 2.05) is 6.33 Å². The van der Waals surface area contributed by atoms with E-state index in [9.17, 15) is 5.11 Å². The standard InChI is InChI=1S/C19H31N5O/c1-4-14(11-25)9-16-10-17(22-15-5-7-20-8-6-15)18-19(23-16)24(12-21-18)13(2)3/h10,12-15,20,25H,4-9,11H2,1-3H3,(H,22,23)/t14-/m0/s1. The Kier molecular flexibility index (Phi) is 5.91. The van der Waals surface area contributed by atoms with Crippen LogP contribution in [0.5, 0.6) is 0 Å². The van der Waals surface area contributed by atoms with Crippen molar-refractivity contribution in [2.24, 2.45) is 5.92 Å². The van der Waals surface area contributed by atoms with Crippen molar-refractivity contribution in [3.8, 4) is 0 Å². The lowest BCUT2D eigenvalue weighted by molar-refractivity contribution is 0.221. The average molecular weight is 345 g/mol. The summed E-state index contributed by atoms with van der Waals surface area (Å²) in [6, 6.07) is 2.93. The molecule has 1 saturated heterocycles. The molecule has 2 aromatic rings. The minimum absolute atomic E-state index is 0.205. The number of pyridine rings is 1. The number of rotatable bonds is 7. The van der Waals surface area contributed by atoms with E-state index in [2.05, 4.69) is 47.0 Å². The molecular weight excluding hydrogens is 314 g/mol. The van der Waals surface area contributed by atoms with Crippen LogP contribution < -0.4 is 10.6 Å². The van der Waals surface area contributed by atoms with Gasteiger partial charge < -0.3 is 20.3 Å². The summed E-state index contributed by atoms with van der Waals surface area (Å²) in [5.41, 5.74) is 4.01. The number of aromatic nitrogens is 3. The molecule has 1 aliphatic heterocycles.